The summed E-state index contributed by atoms with van der Waals surface area (Å²) in [5, 5.41) is 2.54. The number of anilines is 1. The van der Waals surface area contributed by atoms with Gasteiger partial charge in [-0.05, 0) is 5.56 Å². The van der Waals surface area contributed by atoms with Crippen LogP contribution in [0.5, 0.6) is 0 Å². The summed E-state index contributed by atoms with van der Waals surface area (Å²) in [5.74, 6) is -0.520. The summed E-state index contributed by atoms with van der Waals surface area (Å²) in [6, 6.07) is 9.23. The number of halogens is 1. The van der Waals surface area contributed by atoms with Gasteiger partial charge in [-0.2, -0.15) is 0 Å². The zero-order chi connectivity index (χ0) is 17.8. The number of methoxy groups -OCH3 is 1. The first-order valence-electron chi connectivity index (χ1n) is 7.18. The fourth-order valence-corrected chi connectivity index (χ4v) is 2.34. The van der Waals surface area contributed by atoms with Gasteiger partial charge < -0.3 is 9.47 Å². The number of aromatic nitrogens is 3. The Balaban J connectivity index is 1.80. The first kappa shape index (κ1) is 16.7. The SMILES string of the molecule is COC(=O)c1cnc2c(NC(=O)OCc3ccccc3)nc(Cl)cn12. The van der Waals surface area contributed by atoms with Crippen LogP contribution in [-0.2, 0) is 16.1 Å². The largest absolute Gasteiger partial charge is 0.464 e. The summed E-state index contributed by atoms with van der Waals surface area (Å²) < 4.78 is 11.2. The minimum Gasteiger partial charge on any atom is -0.464 e. The number of esters is 1. The lowest BCUT2D eigenvalue weighted by molar-refractivity contribution is 0.0593. The number of imidazole rings is 1. The van der Waals surface area contributed by atoms with Crippen molar-refractivity contribution in [3.8, 4) is 0 Å². The van der Waals surface area contributed by atoms with Crippen molar-refractivity contribution in [2.45, 2.75) is 6.61 Å². The molecule has 0 aliphatic rings. The Hall–Kier alpha value is -3.13. The standard InChI is InChI=1S/C16H13ClN4O4/c1-24-15(22)11-7-18-14-13(19-12(17)8-21(11)14)20-16(23)25-9-10-5-3-2-4-6-10/h2-8H,9H2,1H3,(H,19,20,23). The monoisotopic (exact) mass is 360 g/mol. The van der Waals surface area contributed by atoms with Gasteiger partial charge >= 0.3 is 12.1 Å². The highest BCUT2D eigenvalue weighted by atomic mass is 35.5. The molecule has 1 aromatic carbocycles. The Morgan fingerprint density at radius 2 is 2.04 bits per heavy atom. The lowest BCUT2D eigenvalue weighted by Gasteiger charge is -2.08. The van der Waals surface area contributed by atoms with Crippen LogP contribution >= 0.6 is 11.6 Å². The number of hydrogen-bond donors (Lipinski definition) is 1. The van der Waals surface area contributed by atoms with Gasteiger partial charge in [-0.15, -0.1) is 0 Å². The van der Waals surface area contributed by atoms with Crippen molar-refractivity contribution in [1.29, 1.82) is 0 Å². The molecule has 1 N–H and O–H groups in total. The van der Waals surface area contributed by atoms with Gasteiger partial charge in [-0.3, -0.25) is 9.72 Å². The smallest absolute Gasteiger partial charge is 0.413 e. The van der Waals surface area contributed by atoms with Crippen molar-refractivity contribution < 1.29 is 19.1 Å². The van der Waals surface area contributed by atoms with E-state index >= 15 is 0 Å². The molecule has 8 nitrogen and oxygen atoms in total. The molecule has 0 radical (unpaired) electrons. The first-order valence-corrected chi connectivity index (χ1v) is 7.56. The van der Waals surface area contributed by atoms with Gasteiger partial charge in [0.05, 0.1) is 13.3 Å². The molecule has 3 rings (SSSR count). The summed E-state index contributed by atoms with van der Waals surface area (Å²) in [7, 11) is 1.25. The molecule has 0 aliphatic carbocycles. The summed E-state index contributed by atoms with van der Waals surface area (Å²) in [4.78, 5) is 31.8. The van der Waals surface area contributed by atoms with Gasteiger partial charge in [-0.1, -0.05) is 41.9 Å². The van der Waals surface area contributed by atoms with Crippen molar-refractivity contribution in [3.63, 3.8) is 0 Å². The predicted octanol–water partition coefficient (Wildman–Crippen LogP) is 2.92. The van der Waals surface area contributed by atoms with Crippen molar-refractivity contribution in [2.75, 3.05) is 12.4 Å². The van der Waals surface area contributed by atoms with Crippen molar-refractivity contribution in [1.82, 2.24) is 14.4 Å². The van der Waals surface area contributed by atoms with Crippen LogP contribution in [0.25, 0.3) is 5.65 Å². The Morgan fingerprint density at radius 1 is 1.28 bits per heavy atom. The summed E-state index contributed by atoms with van der Waals surface area (Å²) in [6.07, 6.45) is 1.99. The molecule has 0 fully saturated rings. The third-order valence-corrected chi connectivity index (χ3v) is 3.47. The molecule has 0 saturated carbocycles. The van der Waals surface area contributed by atoms with E-state index in [1.807, 2.05) is 30.3 Å². The fraction of sp³-hybridized carbons (Fsp3) is 0.125. The number of benzene rings is 1. The van der Waals surface area contributed by atoms with Crippen LogP contribution < -0.4 is 5.32 Å². The summed E-state index contributed by atoms with van der Waals surface area (Å²) >= 11 is 5.95. The van der Waals surface area contributed by atoms with E-state index in [1.165, 1.54) is 23.9 Å². The van der Waals surface area contributed by atoms with Gasteiger partial charge in [0.15, 0.2) is 17.2 Å². The Kier molecular flexibility index (Phi) is 4.80. The lowest BCUT2D eigenvalue weighted by Crippen LogP contribution is -2.16. The highest BCUT2D eigenvalue weighted by Crippen LogP contribution is 2.19. The molecule has 9 heteroatoms. The number of hydrogen-bond acceptors (Lipinski definition) is 6. The molecule has 3 aromatic rings. The minimum absolute atomic E-state index is 0.0639. The highest BCUT2D eigenvalue weighted by Gasteiger charge is 2.18. The summed E-state index contributed by atoms with van der Waals surface area (Å²) in [5.41, 5.74) is 1.24. The van der Waals surface area contributed by atoms with E-state index in [-0.39, 0.29) is 28.9 Å². The number of ether oxygens (including phenoxy) is 2. The second-order valence-electron chi connectivity index (χ2n) is 4.93. The third-order valence-electron chi connectivity index (χ3n) is 3.29. The van der Waals surface area contributed by atoms with Gasteiger partial charge in [0, 0.05) is 6.20 Å². The van der Waals surface area contributed by atoms with Crippen LogP contribution in [0, 0.1) is 0 Å². The molecule has 2 heterocycles. The molecule has 0 spiro atoms. The van der Waals surface area contributed by atoms with Crippen molar-refractivity contribution in [3.05, 3.63) is 59.1 Å². The van der Waals surface area contributed by atoms with Crippen LogP contribution in [0.3, 0.4) is 0 Å². The molecule has 0 saturated heterocycles. The summed E-state index contributed by atoms with van der Waals surface area (Å²) in [6.45, 7) is 0.103. The number of rotatable bonds is 4. The van der Waals surface area contributed by atoms with Crippen LogP contribution in [0.2, 0.25) is 5.15 Å². The Morgan fingerprint density at radius 3 is 2.76 bits per heavy atom. The average molecular weight is 361 g/mol. The zero-order valence-electron chi connectivity index (χ0n) is 13.1. The van der Waals surface area contributed by atoms with Crippen LogP contribution in [0.1, 0.15) is 16.1 Å². The number of nitrogens with zero attached hydrogens (tertiary/aromatic N) is 3. The zero-order valence-corrected chi connectivity index (χ0v) is 13.9. The van der Waals surface area contributed by atoms with E-state index in [9.17, 15) is 9.59 Å². The molecule has 0 bridgehead atoms. The number of fused-ring (bicyclic) bond motifs is 1. The van der Waals surface area contributed by atoms with Gasteiger partial charge in [0.2, 0.25) is 0 Å². The quantitative estimate of drug-likeness (QED) is 0.719. The number of carbonyl (C=O) groups is 2. The molecule has 25 heavy (non-hydrogen) atoms. The Labute approximate surface area is 147 Å². The predicted molar refractivity (Wildman–Crippen MR) is 89.6 cm³/mol. The maximum atomic E-state index is 12.0. The second kappa shape index (κ2) is 7.18. The number of amides is 1. The van der Waals surface area contributed by atoms with Crippen LogP contribution in [0.4, 0.5) is 10.6 Å². The van der Waals surface area contributed by atoms with Crippen molar-refractivity contribution in [2.24, 2.45) is 0 Å². The van der Waals surface area contributed by atoms with Crippen molar-refractivity contribution >= 4 is 35.1 Å². The number of carbonyl (C=O) groups excluding carboxylic acids is 2. The number of nitrogens with one attached hydrogen (secondary N) is 1. The molecular weight excluding hydrogens is 348 g/mol. The van der Waals surface area contributed by atoms with E-state index < -0.39 is 12.1 Å². The Bertz CT molecular complexity index is 927. The van der Waals surface area contributed by atoms with Gasteiger partial charge in [0.25, 0.3) is 0 Å². The normalized spacial score (nSPS) is 10.5. The van der Waals surface area contributed by atoms with E-state index in [1.54, 1.807) is 0 Å². The van der Waals surface area contributed by atoms with Crippen LogP contribution in [-0.4, -0.2) is 33.5 Å². The average Bonchev–Trinajstić information content (AvgIpc) is 3.04. The maximum Gasteiger partial charge on any atom is 0.413 e. The minimum atomic E-state index is -0.719. The molecule has 0 atom stereocenters. The molecule has 2 aromatic heterocycles. The molecule has 0 aliphatic heterocycles. The second-order valence-corrected chi connectivity index (χ2v) is 5.31. The topological polar surface area (TPSA) is 94.8 Å². The van der Waals surface area contributed by atoms with E-state index in [2.05, 4.69) is 20.0 Å². The van der Waals surface area contributed by atoms with Crippen LogP contribution in [0.15, 0.2) is 42.7 Å². The van der Waals surface area contributed by atoms with E-state index in [4.69, 9.17) is 16.3 Å². The lowest BCUT2D eigenvalue weighted by atomic mass is 10.2. The fourth-order valence-electron chi connectivity index (χ4n) is 2.15. The third kappa shape index (κ3) is 3.69. The highest BCUT2D eigenvalue weighted by molar-refractivity contribution is 6.29. The maximum absolute atomic E-state index is 12.0. The molecular formula is C16H13ClN4O4. The first-order chi connectivity index (χ1) is 12.1. The van der Waals surface area contributed by atoms with E-state index in [0.29, 0.717) is 0 Å². The molecule has 0 unspecified atom stereocenters. The van der Waals surface area contributed by atoms with E-state index in [0.717, 1.165) is 5.56 Å². The molecule has 128 valence electrons. The molecule has 1 amide bonds. The van der Waals surface area contributed by atoms with Gasteiger partial charge in [0.1, 0.15) is 11.8 Å². The van der Waals surface area contributed by atoms with Gasteiger partial charge in [-0.25, -0.2) is 19.6 Å².